The minimum Gasteiger partial charge on any atom is -0.508 e. The Labute approximate surface area is 115 Å². The van der Waals surface area contributed by atoms with Crippen LogP contribution in [-0.4, -0.2) is 17.2 Å². The quantitative estimate of drug-likeness (QED) is 0.668. The highest BCUT2D eigenvalue weighted by molar-refractivity contribution is 6.33. The van der Waals surface area contributed by atoms with E-state index in [1.165, 1.54) is 12.3 Å². The van der Waals surface area contributed by atoms with Crippen molar-refractivity contribution < 1.29 is 9.90 Å². The zero-order valence-electron chi connectivity index (χ0n) is 9.88. The topological polar surface area (TPSA) is 61.7 Å². The third kappa shape index (κ3) is 3.56. The molecule has 0 aliphatic carbocycles. The van der Waals surface area contributed by atoms with Crippen LogP contribution in [0, 0.1) is 0 Å². The summed E-state index contributed by atoms with van der Waals surface area (Å²) >= 11 is 5.89. The number of phenolic OH excluding ortho intramolecular Hbond substituents is 1. The van der Waals surface area contributed by atoms with Crippen LogP contribution in [0.5, 0.6) is 5.75 Å². The summed E-state index contributed by atoms with van der Waals surface area (Å²) in [6, 6.07) is 13.2. The first kappa shape index (κ1) is 13.1. The first-order chi connectivity index (χ1) is 9.16. The number of hydrazone groups is 1. The molecule has 0 unspecified atom stereocenters. The highest BCUT2D eigenvalue weighted by Gasteiger charge is 2.07. The van der Waals surface area contributed by atoms with Gasteiger partial charge < -0.3 is 5.11 Å². The summed E-state index contributed by atoms with van der Waals surface area (Å²) < 4.78 is 0. The van der Waals surface area contributed by atoms with Crippen LogP contribution < -0.4 is 5.43 Å². The van der Waals surface area contributed by atoms with Gasteiger partial charge in [-0.05, 0) is 29.8 Å². The molecule has 0 aliphatic rings. The number of carbonyl (C=O) groups excluding carboxylic acids is 1. The van der Waals surface area contributed by atoms with Crippen LogP contribution in [0.4, 0.5) is 0 Å². The maximum Gasteiger partial charge on any atom is 0.272 e. The highest BCUT2D eigenvalue weighted by atomic mass is 35.5. The van der Waals surface area contributed by atoms with Crippen molar-refractivity contribution in [1.29, 1.82) is 0 Å². The van der Waals surface area contributed by atoms with Crippen LogP contribution in [-0.2, 0) is 0 Å². The summed E-state index contributed by atoms with van der Waals surface area (Å²) in [6.07, 6.45) is 1.44. The summed E-state index contributed by atoms with van der Waals surface area (Å²) in [5, 5.41) is 13.4. The Kier molecular flexibility index (Phi) is 4.15. The van der Waals surface area contributed by atoms with Crippen molar-refractivity contribution in [2.24, 2.45) is 5.10 Å². The van der Waals surface area contributed by atoms with Crippen molar-refractivity contribution in [2.75, 3.05) is 0 Å². The molecule has 2 aromatic carbocycles. The Balaban J connectivity index is 2.03. The van der Waals surface area contributed by atoms with Gasteiger partial charge in [0.2, 0.25) is 0 Å². The molecule has 0 atom stereocenters. The second-order valence-corrected chi connectivity index (χ2v) is 4.18. The summed E-state index contributed by atoms with van der Waals surface area (Å²) in [6.45, 7) is 0. The maximum atomic E-state index is 11.8. The van der Waals surface area contributed by atoms with Crippen LogP contribution in [0.3, 0.4) is 0 Å². The monoisotopic (exact) mass is 274 g/mol. The molecule has 0 fully saturated rings. The molecular formula is C14H11ClN2O2. The lowest BCUT2D eigenvalue weighted by molar-refractivity contribution is 0.0955. The number of hydrogen-bond donors (Lipinski definition) is 2. The molecule has 4 nitrogen and oxygen atoms in total. The van der Waals surface area contributed by atoms with Crippen LogP contribution in [0.1, 0.15) is 15.9 Å². The lowest BCUT2D eigenvalue weighted by Gasteiger charge is -2.01. The highest BCUT2D eigenvalue weighted by Crippen LogP contribution is 2.14. The molecule has 0 bridgehead atoms. The van der Waals surface area contributed by atoms with Gasteiger partial charge in [-0.15, -0.1) is 0 Å². The Hall–Kier alpha value is -2.33. The van der Waals surface area contributed by atoms with E-state index in [4.69, 9.17) is 11.6 Å². The predicted molar refractivity (Wildman–Crippen MR) is 74.6 cm³/mol. The summed E-state index contributed by atoms with van der Waals surface area (Å²) in [5.41, 5.74) is 3.41. The molecule has 19 heavy (non-hydrogen) atoms. The number of phenols is 1. The molecule has 5 heteroatoms. The molecule has 0 radical (unpaired) electrons. The average Bonchev–Trinajstić information content (AvgIpc) is 2.39. The van der Waals surface area contributed by atoms with Gasteiger partial charge in [-0.25, -0.2) is 5.43 Å². The molecule has 0 aromatic heterocycles. The lowest BCUT2D eigenvalue weighted by Crippen LogP contribution is -2.17. The zero-order valence-corrected chi connectivity index (χ0v) is 10.6. The number of carbonyl (C=O) groups is 1. The molecule has 0 saturated heterocycles. The number of halogens is 1. The molecule has 96 valence electrons. The van der Waals surface area contributed by atoms with E-state index in [-0.39, 0.29) is 11.7 Å². The number of amides is 1. The van der Waals surface area contributed by atoms with E-state index in [1.807, 2.05) is 0 Å². The van der Waals surface area contributed by atoms with Gasteiger partial charge in [0.25, 0.3) is 5.91 Å². The van der Waals surface area contributed by atoms with Crippen molar-refractivity contribution in [3.8, 4) is 5.75 Å². The second-order valence-electron chi connectivity index (χ2n) is 3.77. The first-order valence-corrected chi connectivity index (χ1v) is 5.91. The summed E-state index contributed by atoms with van der Waals surface area (Å²) in [5.74, 6) is -0.247. The Morgan fingerprint density at radius 1 is 1.21 bits per heavy atom. The third-order valence-electron chi connectivity index (χ3n) is 2.37. The summed E-state index contributed by atoms with van der Waals surface area (Å²) in [4.78, 5) is 11.8. The van der Waals surface area contributed by atoms with Crippen molar-refractivity contribution in [3.05, 3.63) is 64.7 Å². The van der Waals surface area contributed by atoms with E-state index in [2.05, 4.69) is 10.5 Å². The number of aromatic hydroxyl groups is 1. The van der Waals surface area contributed by atoms with Crippen LogP contribution in [0.2, 0.25) is 5.02 Å². The Morgan fingerprint density at radius 3 is 2.74 bits per heavy atom. The minimum absolute atomic E-state index is 0.140. The number of hydrogen-bond acceptors (Lipinski definition) is 3. The van der Waals surface area contributed by atoms with E-state index in [9.17, 15) is 9.90 Å². The van der Waals surface area contributed by atoms with Crippen molar-refractivity contribution >= 4 is 23.7 Å². The fraction of sp³-hybridized carbons (Fsp3) is 0. The maximum absolute atomic E-state index is 11.8. The molecule has 1 amide bonds. The standard InChI is InChI=1S/C14H11ClN2O2/c15-13-7-2-1-6-12(13)14(19)17-16-9-10-4-3-5-11(18)8-10/h1-9,18H,(H,17,19)/b16-9-. The molecule has 0 saturated carbocycles. The number of benzene rings is 2. The largest absolute Gasteiger partial charge is 0.508 e. The van der Waals surface area contributed by atoms with Gasteiger partial charge in [-0.2, -0.15) is 5.10 Å². The number of nitrogens with zero attached hydrogens (tertiary/aromatic N) is 1. The van der Waals surface area contributed by atoms with E-state index >= 15 is 0 Å². The van der Waals surface area contributed by atoms with Gasteiger partial charge >= 0.3 is 0 Å². The van der Waals surface area contributed by atoms with Gasteiger partial charge in [-0.1, -0.05) is 35.9 Å². The normalized spacial score (nSPS) is 10.6. The molecule has 2 N–H and O–H groups in total. The van der Waals surface area contributed by atoms with Crippen molar-refractivity contribution in [1.82, 2.24) is 5.43 Å². The lowest BCUT2D eigenvalue weighted by atomic mass is 10.2. The Bertz CT molecular complexity index is 626. The van der Waals surface area contributed by atoms with E-state index in [0.29, 0.717) is 16.1 Å². The van der Waals surface area contributed by atoms with Gasteiger partial charge in [0.1, 0.15) is 5.75 Å². The molecule has 2 rings (SSSR count). The smallest absolute Gasteiger partial charge is 0.272 e. The number of rotatable bonds is 3. The van der Waals surface area contributed by atoms with Crippen LogP contribution >= 0.6 is 11.6 Å². The molecule has 0 aliphatic heterocycles. The van der Waals surface area contributed by atoms with E-state index in [1.54, 1.807) is 42.5 Å². The van der Waals surface area contributed by atoms with Crippen molar-refractivity contribution in [2.45, 2.75) is 0 Å². The second kappa shape index (κ2) is 6.02. The van der Waals surface area contributed by atoms with Crippen molar-refractivity contribution in [3.63, 3.8) is 0 Å². The van der Waals surface area contributed by atoms with Crippen LogP contribution in [0.15, 0.2) is 53.6 Å². The summed E-state index contributed by atoms with van der Waals surface area (Å²) in [7, 11) is 0. The van der Waals surface area contributed by atoms with E-state index in [0.717, 1.165) is 0 Å². The third-order valence-corrected chi connectivity index (χ3v) is 2.70. The van der Waals surface area contributed by atoms with Gasteiger partial charge in [-0.3, -0.25) is 4.79 Å². The fourth-order valence-electron chi connectivity index (χ4n) is 1.48. The van der Waals surface area contributed by atoms with Gasteiger partial charge in [0, 0.05) is 0 Å². The average molecular weight is 275 g/mol. The molecule has 0 spiro atoms. The predicted octanol–water partition coefficient (Wildman–Crippen LogP) is 2.81. The molecule has 0 heterocycles. The number of nitrogens with one attached hydrogen (secondary N) is 1. The van der Waals surface area contributed by atoms with Gasteiger partial charge in [0.15, 0.2) is 0 Å². The molecule has 2 aromatic rings. The first-order valence-electron chi connectivity index (χ1n) is 5.54. The SMILES string of the molecule is O=C(N/N=C\c1cccc(O)c1)c1ccccc1Cl. The minimum atomic E-state index is -0.387. The van der Waals surface area contributed by atoms with Crippen LogP contribution in [0.25, 0.3) is 0 Å². The Morgan fingerprint density at radius 2 is 2.00 bits per heavy atom. The molecular weight excluding hydrogens is 264 g/mol. The van der Waals surface area contributed by atoms with E-state index < -0.39 is 0 Å². The van der Waals surface area contributed by atoms with Gasteiger partial charge in [0.05, 0.1) is 16.8 Å². The fourth-order valence-corrected chi connectivity index (χ4v) is 1.70. The zero-order chi connectivity index (χ0) is 13.7.